The first-order chi connectivity index (χ1) is 8.81. The lowest BCUT2D eigenvalue weighted by molar-refractivity contribution is 1.41. The topological polar surface area (TPSA) is 25.2 Å². The zero-order valence-electron chi connectivity index (χ0n) is 9.38. The molecule has 0 saturated heterocycles. The largest absolute Gasteiger partial charge is 0.227 e. The summed E-state index contributed by atoms with van der Waals surface area (Å²) in [5.41, 5.74) is 1.96. The van der Waals surface area contributed by atoms with Gasteiger partial charge in [0.2, 0.25) is 5.13 Å². The molecule has 3 aromatic rings. The highest BCUT2D eigenvalue weighted by Gasteiger charge is 2.00. The fourth-order valence-corrected chi connectivity index (χ4v) is 2.64. The Morgan fingerprint density at radius 1 is 1.11 bits per heavy atom. The Hall–Kier alpha value is -1.71. The molecular weight excluding hydrogens is 264 g/mol. The van der Waals surface area contributed by atoms with E-state index in [1.165, 1.54) is 0 Å². The summed E-state index contributed by atoms with van der Waals surface area (Å²) in [4.78, 5) is 8.82. The van der Waals surface area contributed by atoms with Crippen LogP contribution in [0.15, 0.2) is 53.5 Å². The fraction of sp³-hybridized carbons (Fsp3) is 0. The molecule has 0 amide bonds. The van der Waals surface area contributed by atoms with Crippen LogP contribution in [-0.2, 0) is 0 Å². The smallest absolute Gasteiger partial charge is 0.210 e. The molecule has 0 unspecified atom stereocenters. The Labute approximate surface area is 114 Å². The van der Waals surface area contributed by atoms with Crippen molar-refractivity contribution in [1.29, 1.82) is 0 Å². The Kier molecular flexibility index (Phi) is 3.09. The van der Waals surface area contributed by atoms with Gasteiger partial charge in [-0.25, -0.2) is 9.98 Å². The van der Waals surface area contributed by atoms with Gasteiger partial charge in [-0.2, -0.15) is 0 Å². The summed E-state index contributed by atoms with van der Waals surface area (Å²) in [6, 6.07) is 15.6. The van der Waals surface area contributed by atoms with E-state index in [1.54, 1.807) is 17.6 Å². The summed E-state index contributed by atoms with van der Waals surface area (Å²) in [7, 11) is 0. The van der Waals surface area contributed by atoms with Crippen LogP contribution in [0, 0.1) is 0 Å². The standard InChI is InChI=1S/C14H9ClN2S/c15-11-5-3-4-10(8-11)9-16-14-17-12-6-1-2-7-13(12)18-14/h1-9H/b16-9+. The molecule has 4 heteroatoms. The van der Waals surface area contributed by atoms with Gasteiger partial charge >= 0.3 is 0 Å². The molecule has 0 N–H and O–H groups in total. The van der Waals surface area contributed by atoms with E-state index in [2.05, 4.69) is 9.98 Å². The van der Waals surface area contributed by atoms with Gasteiger partial charge in [-0.1, -0.05) is 47.2 Å². The summed E-state index contributed by atoms with van der Waals surface area (Å²) in [5, 5.41) is 1.47. The molecule has 0 aliphatic rings. The maximum atomic E-state index is 5.92. The number of aromatic nitrogens is 1. The molecular formula is C14H9ClN2S. The second-order valence-electron chi connectivity index (χ2n) is 3.78. The molecule has 0 atom stereocenters. The Bertz CT molecular complexity index is 685. The fourth-order valence-electron chi connectivity index (χ4n) is 1.63. The molecule has 0 aliphatic carbocycles. The van der Waals surface area contributed by atoms with Crippen molar-refractivity contribution in [1.82, 2.24) is 4.98 Å². The lowest BCUT2D eigenvalue weighted by Gasteiger charge is -1.92. The number of rotatable bonds is 2. The Morgan fingerprint density at radius 2 is 2.00 bits per heavy atom. The van der Waals surface area contributed by atoms with E-state index in [0.29, 0.717) is 5.02 Å². The van der Waals surface area contributed by atoms with Gasteiger partial charge in [0.15, 0.2) is 0 Å². The number of nitrogens with zero attached hydrogens (tertiary/aromatic N) is 2. The SMILES string of the molecule is Clc1cccc(/C=N/c2nc3ccccc3s2)c1. The highest BCUT2D eigenvalue weighted by molar-refractivity contribution is 7.22. The van der Waals surface area contributed by atoms with Gasteiger partial charge in [0.05, 0.1) is 10.2 Å². The molecule has 0 bridgehead atoms. The second-order valence-corrected chi connectivity index (χ2v) is 5.22. The third-order valence-corrected chi connectivity index (χ3v) is 3.63. The van der Waals surface area contributed by atoms with Crippen molar-refractivity contribution in [3.05, 3.63) is 59.1 Å². The number of para-hydroxylation sites is 1. The highest BCUT2D eigenvalue weighted by atomic mass is 35.5. The van der Waals surface area contributed by atoms with Crippen molar-refractivity contribution in [3.8, 4) is 0 Å². The van der Waals surface area contributed by atoms with E-state index in [-0.39, 0.29) is 0 Å². The molecule has 0 aliphatic heterocycles. The summed E-state index contributed by atoms with van der Waals surface area (Å²) in [5.74, 6) is 0. The molecule has 0 fully saturated rings. The number of aliphatic imine (C=N–C) groups is 1. The normalized spacial score (nSPS) is 11.4. The van der Waals surface area contributed by atoms with E-state index in [4.69, 9.17) is 11.6 Å². The molecule has 88 valence electrons. The van der Waals surface area contributed by atoms with E-state index < -0.39 is 0 Å². The Balaban J connectivity index is 1.92. The molecule has 0 saturated carbocycles. The van der Waals surface area contributed by atoms with E-state index in [1.807, 2.05) is 48.5 Å². The van der Waals surface area contributed by atoms with Crippen molar-refractivity contribution >= 4 is 44.5 Å². The van der Waals surface area contributed by atoms with Gasteiger partial charge in [-0.05, 0) is 29.8 Å². The van der Waals surface area contributed by atoms with Crippen LogP contribution < -0.4 is 0 Å². The van der Waals surface area contributed by atoms with Crippen molar-refractivity contribution < 1.29 is 0 Å². The molecule has 1 aromatic heterocycles. The number of hydrogen-bond acceptors (Lipinski definition) is 3. The van der Waals surface area contributed by atoms with Crippen LogP contribution in [0.4, 0.5) is 5.13 Å². The predicted molar refractivity (Wildman–Crippen MR) is 78.3 cm³/mol. The maximum absolute atomic E-state index is 5.92. The van der Waals surface area contributed by atoms with Crippen LogP contribution in [0.25, 0.3) is 10.2 Å². The number of thiazole rings is 1. The maximum Gasteiger partial charge on any atom is 0.210 e. The molecule has 2 aromatic carbocycles. The van der Waals surface area contributed by atoms with Crippen LogP contribution in [0.1, 0.15) is 5.56 Å². The average Bonchev–Trinajstić information content (AvgIpc) is 2.79. The zero-order valence-corrected chi connectivity index (χ0v) is 10.9. The lowest BCUT2D eigenvalue weighted by atomic mass is 10.2. The van der Waals surface area contributed by atoms with E-state index >= 15 is 0 Å². The van der Waals surface area contributed by atoms with Crippen molar-refractivity contribution in [2.45, 2.75) is 0 Å². The van der Waals surface area contributed by atoms with E-state index in [9.17, 15) is 0 Å². The monoisotopic (exact) mass is 272 g/mol. The van der Waals surface area contributed by atoms with Crippen molar-refractivity contribution in [2.75, 3.05) is 0 Å². The summed E-state index contributed by atoms with van der Waals surface area (Å²) in [6.45, 7) is 0. The quantitative estimate of drug-likeness (QED) is 0.621. The van der Waals surface area contributed by atoms with Crippen LogP contribution >= 0.6 is 22.9 Å². The first kappa shape index (κ1) is 11.4. The van der Waals surface area contributed by atoms with Crippen molar-refractivity contribution in [2.24, 2.45) is 4.99 Å². The van der Waals surface area contributed by atoms with Gasteiger partial charge in [0.1, 0.15) is 0 Å². The Morgan fingerprint density at radius 3 is 2.83 bits per heavy atom. The minimum Gasteiger partial charge on any atom is -0.227 e. The third kappa shape index (κ3) is 2.42. The second kappa shape index (κ2) is 4.88. The summed E-state index contributed by atoms with van der Waals surface area (Å²) < 4.78 is 1.15. The lowest BCUT2D eigenvalue weighted by Crippen LogP contribution is -1.78. The first-order valence-electron chi connectivity index (χ1n) is 5.46. The highest BCUT2D eigenvalue weighted by Crippen LogP contribution is 2.27. The van der Waals surface area contributed by atoms with Crippen LogP contribution in [-0.4, -0.2) is 11.2 Å². The van der Waals surface area contributed by atoms with Gasteiger partial charge in [0.25, 0.3) is 0 Å². The van der Waals surface area contributed by atoms with Crippen LogP contribution in [0.2, 0.25) is 5.02 Å². The number of halogens is 1. The third-order valence-electron chi connectivity index (χ3n) is 2.46. The molecule has 1 heterocycles. The molecule has 0 spiro atoms. The summed E-state index contributed by atoms with van der Waals surface area (Å²) >= 11 is 7.49. The molecule has 0 radical (unpaired) electrons. The van der Waals surface area contributed by atoms with Gasteiger partial charge < -0.3 is 0 Å². The number of hydrogen-bond donors (Lipinski definition) is 0. The van der Waals surface area contributed by atoms with Crippen molar-refractivity contribution in [3.63, 3.8) is 0 Å². The van der Waals surface area contributed by atoms with E-state index in [0.717, 1.165) is 20.9 Å². The number of fused-ring (bicyclic) bond motifs is 1. The van der Waals surface area contributed by atoms with Crippen LogP contribution in [0.5, 0.6) is 0 Å². The minimum atomic E-state index is 0.711. The zero-order chi connectivity index (χ0) is 12.4. The minimum absolute atomic E-state index is 0.711. The summed E-state index contributed by atoms with van der Waals surface area (Å²) in [6.07, 6.45) is 1.78. The molecule has 3 rings (SSSR count). The molecule has 2 nitrogen and oxygen atoms in total. The van der Waals surface area contributed by atoms with Gasteiger partial charge in [-0.15, -0.1) is 0 Å². The van der Waals surface area contributed by atoms with Gasteiger partial charge in [-0.3, -0.25) is 0 Å². The van der Waals surface area contributed by atoms with Gasteiger partial charge in [0, 0.05) is 11.2 Å². The van der Waals surface area contributed by atoms with Crippen LogP contribution in [0.3, 0.4) is 0 Å². The average molecular weight is 273 g/mol. The predicted octanol–water partition coefficient (Wildman–Crippen LogP) is 4.70. The first-order valence-corrected chi connectivity index (χ1v) is 6.66. The molecule has 18 heavy (non-hydrogen) atoms. The number of benzene rings is 2.